The minimum Gasteiger partial charge on any atom is -0.504 e. The number of hydrogen-bond acceptors (Lipinski definition) is 5. The zero-order valence-corrected chi connectivity index (χ0v) is 11.8. The van der Waals surface area contributed by atoms with Crippen LogP contribution in [0.4, 0.5) is 4.79 Å². The van der Waals surface area contributed by atoms with Crippen molar-refractivity contribution in [2.24, 2.45) is 0 Å². The molecule has 1 fully saturated rings. The predicted molar refractivity (Wildman–Crippen MR) is 72.0 cm³/mol. The molecule has 0 bridgehead atoms. The van der Waals surface area contributed by atoms with Crippen molar-refractivity contribution >= 4 is 39.9 Å². The normalized spacial score (nSPS) is 14.7. The van der Waals surface area contributed by atoms with Gasteiger partial charge in [-0.05, 0) is 18.2 Å². The second-order valence-corrected chi connectivity index (χ2v) is 4.76. The summed E-state index contributed by atoms with van der Waals surface area (Å²) in [6, 6.07) is 2.15. The van der Waals surface area contributed by atoms with Gasteiger partial charge in [0.2, 0.25) is 0 Å². The lowest BCUT2D eigenvalue weighted by Crippen LogP contribution is -2.51. The molecule has 0 saturated carbocycles. The second kappa shape index (κ2) is 5.33. The standard InChI is InChI=1S/C12H9BrN2O5/c1-20-8-4-6(13)2-5(9(8)16)3-7-10(17)14-12(19)15-11(7)18/h2-4,16H,1H3,(H2,14,15,17,18,19). The number of methoxy groups -OCH3 is 1. The first-order valence-corrected chi connectivity index (χ1v) is 6.16. The molecule has 1 heterocycles. The third-order valence-corrected chi connectivity index (χ3v) is 2.99. The van der Waals surface area contributed by atoms with Gasteiger partial charge in [-0.1, -0.05) is 15.9 Å². The number of ether oxygens (including phenoxy) is 1. The van der Waals surface area contributed by atoms with E-state index in [1.165, 1.54) is 25.3 Å². The van der Waals surface area contributed by atoms with Gasteiger partial charge < -0.3 is 9.84 Å². The predicted octanol–water partition coefficient (Wildman–Crippen LogP) is 0.913. The van der Waals surface area contributed by atoms with Crippen LogP contribution in [0.2, 0.25) is 0 Å². The first-order valence-electron chi connectivity index (χ1n) is 5.37. The second-order valence-electron chi connectivity index (χ2n) is 3.84. The highest BCUT2D eigenvalue weighted by Gasteiger charge is 2.28. The molecule has 1 saturated heterocycles. The molecule has 1 aliphatic rings. The Morgan fingerprint density at radius 3 is 2.35 bits per heavy atom. The van der Waals surface area contributed by atoms with E-state index in [9.17, 15) is 19.5 Å². The molecule has 1 aliphatic heterocycles. The number of hydrogen-bond donors (Lipinski definition) is 3. The number of barbiturate groups is 1. The van der Waals surface area contributed by atoms with Crippen molar-refractivity contribution < 1.29 is 24.2 Å². The van der Waals surface area contributed by atoms with Crippen LogP contribution in [-0.4, -0.2) is 30.1 Å². The molecule has 104 valence electrons. The van der Waals surface area contributed by atoms with E-state index in [4.69, 9.17) is 4.74 Å². The van der Waals surface area contributed by atoms with Gasteiger partial charge in [0.05, 0.1) is 7.11 Å². The molecular formula is C12H9BrN2O5. The maximum atomic E-state index is 11.6. The number of phenols is 1. The Balaban J connectivity index is 2.50. The van der Waals surface area contributed by atoms with E-state index in [2.05, 4.69) is 15.9 Å². The molecule has 4 amide bonds. The molecule has 0 aliphatic carbocycles. The highest BCUT2D eigenvalue weighted by Crippen LogP contribution is 2.34. The van der Waals surface area contributed by atoms with Crippen LogP contribution in [0, 0.1) is 0 Å². The molecule has 0 aromatic heterocycles. The topological polar surface area (TPSA) is 105 Å². The average molecular weight is 341 g/mol. The monoisotopic (exact) mass is 340 g/mol. The van der Waals surface area contributed by atoms with Gasteiger partial charge in [0, 0.05) is 10.0 Å². The maximum absolute atomic E-state index is 11.6. The van der Waals surface area contributed by atoms with Crippen molar-refractivity contribution in [1.82, 2.24) is 10.6 Å². The van der Waals surface area contributed by atoms with Crippen LogP contribution >= 0.6 is 15.9 Å². The number of urea groups is 1. The Bertz CT molecular complexity index is 631. The number of aromatic hydroxyl groups is 1. The van der Waals surface area contributed by atoms with Crippen LogP contribution < -0.4 is 15.4 Å². The van der Waals surface area contributed by atoms with Crippen LogP contribution in [0.15, 0.2) is 22.2 Å². The molecule has 8 heteroatoms. The Morgan fingerprint density at radius 2 is 1.80 bits per heavy atom. The van der Waals surface area contributed by atoms with Crippen molar-refractivity contribution in [3.05, 3.63) is 27.7 Å². The lowest BCUT2D eigenvalue weighted by Gasteiger charge is -2.14. The average Bonchev–Trinajstić information content (AvgIpc) is 2.37. The zero-order chi connectivity index (χ0) is 14.9. The fraction of sp³-hybridized carbons (Fsp3) is 0.0833. The quantitative estimate of drug-likeness (QED) is 0.548. The molecule has 1 aromatic carbocycles. The van der Waals surface area contributed by atoms with Crippen LogP contribution in [-0.2, 0) is 9.59 Å². The van der Waals surface area contributed by atoms with Crippen molar-refractivity contribution in [2.75, 3.05) is 7.11 Å². The Kier molecular flexibility index (Phi) is 3.75. The van der Waals surface area contributed by atoms with Gasteiger partial charge >= 0.3 is 6.03 Å². The van der Waals surface area contributed by atoms with Gasteiger partial charge in [-0.2, -0.15) is 0 Å². The summed E-state index contributed by atoms with van der Waals surface area (Å²) < 4.78 is 5.55. The first kappa shape index (κ1) is 14.1. The highest BCUT2D eigenvalue weighted by molar-refractivity contribution is 9.10. The number of halogens is 1. The van der Waals surface area contributed by atoms with Gasteiger partial charge in [-0.3, -0.25) is 20.2 Å². The SMILES string of the molecule is COc1cc(Br)cc(C=C2C(=O)NC(=O)NC2=O)c1O. The molecule has 0 radical (unpaired) electrons. The van der Waals surface area contributed by atoms with E-state index in [0.29, 0.717) is 4.47 Å². The van der Waals surface area contributed by atoms with Gasteiger partial charge in [-0.15, -0.1) is 0 Å². The zero-order valence-electron chi connectivity index (χ0n) is 10.2. The number of phenolic OH excluding ortho intramolecular Hbond substituents is 1. The smallest absolute Gasteiger partial charge is 0.328 e. The van der Waals surface area contributed by atoms with E-state index in [1.54, 1.807) is 0 Å². The van der Waals surface area contributed by atoms with Crippen LogP contribution in [0.25, 0.3) is 6.08 Å². The Morgan fingerprint density at radius 1 is 1.20 bits per heavy atom. The summed E-state index contributed by atoms with van der Waals surface area (Å²) in [5.74, 6) is -1.71. The number of benzene rings is 1. The van der Waals surface area contributed by atoms with E-state index in [-0.39, 0.29) is 22.6 Å². The fourth-order valence-corrected chi connectivity index (χ4v) is 2.08. The minimum absolute atomic E-state index is 0.180. The molecule has 0 atom stereocenters. The molecule has 1 aromatic rings. The Labute approximate surface area is 121 Å². The lowest BCUT2D eigenvalue weighted by atomic mass is 10.1. The summed E-state index contributed by atoms with van der Waals surface area (Å²) in [6.45, 7) is 0. The van der Waals surface area contributed by atoms with E-state index in [0.717, 1.165) is 0 Å². The first-order chi connectivity index (χ1) is 9.42. The fourth-order valence-electron chi connectivity index (χ4n) is 1.62. The van der Waals surface area contributed by atoms with Crippen molar-refractivity contribution in [3.8, 4) is 11.5 Å². The van der Waals surface area contributed by atoms with Crippen molar-refractivity contribution in [2.45, 2.75) is 0 Å². The van der Waals surface area contributed by atoms with Gasteiger partial charge in [0.25, 0.3) is 11.8 Å². The summed E-state index contributed by atoms with van der Waals surface area (Å²) in [5.41, 5.74) is -0.0917. The third kappa shape index (κ3) is 2.64. The molecule has 0 unspecified atom stereocenters. The largest absolute Gasteiger partial charge is 0.504 e. The number of rotatable bonds is 2. The summed E-state index contributed by atoms with van der Waals surface area (Å²) in [7, 11) is 1.37. The summed E-state index contributed by atoms with van der Waals surface area (Å²) >= 11 is 3.22. The van der Waals surface area contributed by atoms with Crippen molar-refractivity contribution in [1.29, 1.82) is 0 Å². The van der Waals surface area contributed by atoms with E-state index in [1.807, 2.05) is 10.6 Å². The van der Waals surface area contributed by atoms with Crippen LogP contribution in [0.5, 0.6) is 11.5 Å². The summed E-state index contributed by atoms with van der Waals surface area (Å²) in [4.78, 5) is 34.1. The highest BCUT2D eigenvalue weighted by atomic mass is 79.9. The molecule has 2 rings (SSSR count). The number of carbonyl (C=O) groups excluding carboxylic acids is 3. The molecule has 20 heavy (non-hydrogen) atoms. The van der Waals surface area contributed by atoms with Crippen LogP contribution in [0.1, 0.15) is 5.56 Å². The molecular weight excluding hydrogens is 332 g/mol. The van der Waals surface area contributed by atoms with Crippen molar-refractivity contribution in [3.63, 3.8) is 0 Å². The summed E-state index contributed by atoms with van der Waals surface area (Å²) in [6.07, 6.45) is 1.17. The Hall–Kier alpha value is -2.35. The van der Waals surface area contributed by atoms with E-state index >= 15 is 0 Å². The molecule has 3 N–H and O–H groups in total. The summed E-state index contributed by atoms with van der Waals surface area (Å²) in [5, 5.41) is 13.8. The van der Waals surface area contributed by atoms with Gasteiger partial charge in [0.1, 0.15) is 5.57 Å². The van der Waals surface area contributed by atoms with Crippen LogP contribution in [0.3, 0.4) is 0 Å². The number of amides is 4. The molecule has 0 spiro atoms. The number of nitrogens with one attached hydrogen (secondary N) is 2. The number of imide groups is 2. The van der Waals surface area contributed by atoms with E-state index < -0.39 is 17.8 Å². The van der Waals surface area contributed by atoms with Gasteiger partial charge in [0.15, 0.2) is 11.5 Å². The maximum Gasteiger partial charge on any atom is 0.328 e. The number of carbonyl (C=O) groups is 3. The third-order valence-electron chi connectivity index (χ3n) is 2.53. The lowest BCUT2D eigenvalue weighted by molar-refractivity contribution is -0.123. The minimum atomic E-state index is -0.881. The molecule has 7 nitrogen and oxygen atoms in total. The van der Waals surface area contributed by atoms with Gasteiger partial charge in [-0.25, -0.2) is 4.79 Å².